The number of likely N-dealkylation sites (tertiary alicyclic amines) is 1. The highest BCUT2D eigenvalue weighted by Gasteiger charge is 2.24. The van der Waals surface area contributed by atoms with Crippen LogP contribution >= 0.6 is 0 Å². The van der Waals surface area contributed by atoms with Crippen LogP contribution in [0.3, 0.4) is 0 Å². The fourth-order valence-corrected chi connectivity index (χ4v) is 5.99. The molecular weight excluding hydrogens is 452 g/mol. The van der Waals surface area contributed by atoms with Gasteiger partial charge < -0.3 is 15.0 Å². The highest BCUT2D eigenvalue weighted by atomic mass is 32.2. The fraction of sp³-hybridized carbons (Fsp3) is 0.280. The van der Waals surface area contributed by atoms with E-state index >= 15 is 0 Å². The van der Waals surface area contributed by atoms with Gasteiger partial charge in [0.2, 0.25) is 10.0 Å². The number of sulfonamides is 1. The van der Waals surface area contributed by atoms with E-state index < -0.39 is 16.0 Å². The Kier molecular flexibility index (Phi) is 6.07. The second kappa shape index (κ2) is 9.17. The molecule has 0 atom stereocenters. The van der Waals surface area contributed by atoms with Gasteiger partial charge in [0.25, 0.3) is 0 Å². The lowest BCUT2D eigenvalue weighted by Gasteiger charge is -2.32. The van der Waals surface area contributed by atoms with Gasteiger partial charge in [0.1, 0.15) is 4.90 Å². The first-order chi connectivity index (χ1) is 16.4. The van der Waals surface area contributed by atoms with Gasteiger partial charge in [-0.25, -0.2) is 17.9 Å². The Labute approximate surface area is 197 Å². The number of pyridine rings is 1. The molecule has 0 saturated carbocycles. The summed E-state index contributed by atoms with van der Waals surface area (Å²) in [6.07, 6.45) is 5.52. The van der Waals surface area contributed by atoms with Crippen molar-refractivity contribution in [2.75, 3.05) is 26.2 Å². The van der Waals surface area contributed by atoms with E-state index in [2.05, 4.69) is 19.6 Å². The predicted molar refractivity (Wildman–Crippen MR) is 131 cm³/mol. The van der Waals surface area contributed by atoms with Crippen molar-refractivity contribution in [3.63, 3.8) is 0 Å². The summed E-state index contributed by atoms with van der Waals surface area (Å²) in [5.74, 6) is -0.544. The van der Waals surface area contributed by atoms with Crippen LogP contribution in [0.4, 0.5) is 0 Å². The van der Waals surface area contributed by atoms with Crippen LogP contribution in [0.2, 0.25) is 0 Å². The number of nitrogens with zero attached hydrogens (tertiary/aromatic N) is 2. The minimum atomic E-state index is -3.65. The number of piperidine rings is 1. The quantitative estimate of drug-likeness (QED) is 0.374. The summed E-state index contributed by atoms with van der Waals surface area (Å²) in [5.41, 5.74) is 2.82. The first-order valence-electron chi connectivity index (χ1n) is 11.3. The van der Waals surface area contributed by atoms with Crippen LogP contribution in [0.25, 0.3) is 21.8 Å². The zero-order valence-electron chi connectivity index (χ0n) is 18.6. The summed E-state index contributed by atoms with van der Waals surface area (Å²) >= 11 is 0. The second-order valence-corrected chi connectivity index (χ2v) is 10.4. The SMILES string of the molecule is O=C(O)c1ccc2c(C3CCN(CCNS(=O)(=O)c4cccc5cccnc45)CC3)c[nH]c2c1. The number of aromatic carboxylic acids is 1. The summed E-state index contributed by atoms with van der Waals surface area (Å²) in [5, 5.41) is 11.1. The number of aromatic nitrogens is 2. The zero-order valence-corrected chi connectivity index (χ0v) is 19.4. The first-order valence-corrected chi connectivity index (χ1v) is 12.8. The van der Waals surface area contributed by atoms with Crippen molar-refractivity contribution < 1.29 is 18.3 Å². The molecule has 9 heteroatoms. The number of para-hydroxylation sites is 1. The summed E-state index contributed by atoms with van der Waals surface area (Å²) in [6.45, 7) is 2.73. The molecule has 1 saturated heterocycles. The van der Waals surface area contributed by atoms with Crippen LogP contribution in [-0.4, -0.2) is 60.5 Å². The third-order valence-electron chi connectivity index (χ3n) is 6.59. The molecule has 1 fully saturated rings. The number of hydrogen-bond acceptors (Lipinski definition) is 5. The molecule has 8 nitrogen and oxygen atoms in total. The van der Waals surface area contributed by atoms with E-state index in [0.29, 0.717) is 24.5 Å². The zero-order chi connectivity index (χ0) is 23.7. The van der Waals surface area contributed by atoms with Gasteiger partial charge >= 0.3 is 5.97 Å². The lowest BCUT2D eigenvalue weighted by molar-refractivity contribution is 0.0697. The molecular formula is C25H26N4O4S. The molecule has 2 aromatic heterocycles. The Bertz CT molecular complexity index is 1450. The van der Waals surface area contributed by atoms with Crippen molar-refractivity contribution >= 4 is 37.8 Å². The molecule has 1 aliphatic heterocycles. The Hall–Kier alpha value is -3.27. The minimum absolute atomic E-state index is 0.203. The Morgan fingerprint density at radius 3 is 2.74 bits per heavy atom. The standard InChI is InChI=1S/C25H26N4O4S/c30-25(31)19-6-7-20-21(16-27-22(20)15-19)17-8-12-29(13-9-17)14-11-28-34(32,33)23-5-1-3-18-4-2-10-26-24(18)23/h1-7,10,15-17,27-28H,8-9,11-14H2,(H,30,31). The van der Waals surface area contributed by atoms with Gasteiger partial charge in [0.15, 0.2) is 0 Å². The third-order valence-corrected chi connectivity index (χ3v) is 8.09. The molecule has 34 heavy (non-hydrogen) atoms. The average molecular weight is 479 g/mol. The maximum atomic E-state index is 12.9. The van der Waals surface area contributed by atoms with E-state index in [1.807, 2.05) is 24.4 Å². The summed E-state index contributed by atoms with van der Waals surface area (Å²) < 4.78 is 28.5. The van der Waals surface area contributed by atoms with E-state index in [-0.39, 0.29) is 10.5 Å². The van der Waals surface area contributed by atoms with Crippen molar-refractivity contribution in [3.8, 4) is 0 Å². The van der Waals surface area contributed by atoms with Gasteiger partial charge in [-0.1, -0.05) is 24.3 Å². The topological polar surface area (TPSA) is 115 Å². The Balaban J connectivity index is 1.18. The number of hydrogen-bond donors (Lipinski definition) is 3. The number of aromatic amines is 1. The summed E-state index contributed by atoms with van der Waals surface area (Å²) in [7, 11) is -3.65. The second-order valence-electron chi connectivity index (χ2n) is 8.65. The number of carbonyl (C=O) groups is 1. The van der Waals surface area contributed by atoms with Crippen molar-refractivity contribution in [1.82, 2.24) is 19.6 Å². The molecule has 5 rings (SSSR count). The monoisotopic (exact) mass is 478 g/mol. The van der Waals surface area contributed by atoms with Crippen LogP contribution in [0.5, 0.6) is 0 Å². The summed E-state index contributed by atoms with van der Waals surface area (Å²) in [6, 6.07) is 14.0. The number of carboxylic acid groups (broad SMARTS) is 1. The van der Waals surface area contributed by atoms with Gasteiger partial charge in [0, 0.05) is 41.8 Å². The number of rotatable bonds is 7. The number of fused-ring (bicyclic) bond motifs is 2. The van der Waals surface area contributed by atoms with E-state index in [9.17, 15) is 18.3 Å². The highest BCUT2D eigenvalue weighted by molar-refractivity contribution is 7.89. The maximum Gasteiger partial charge on any atom is 0.335 e. The molecule has 0 amide bonds. The number of H-pyrrole nitrogens is 1. The normalized spacial score (nSPS) is 15.8. The minimum Gasteiger partial charge on any atom is -0.478 e. The van der Waals surface area contributed by atoms with Crippen LogP contribution in [0.15, 0.2) is 65.8 Å². The maximum absolute atomic E-state index is 12.9. The number of carboxylic acids is 1. The Morgan fingerprint density at radius 1 is 1.15 bits per heavy atom. The van der Waals surface area contributed by atoms with Gasteiger partial charge in [0.05, 0.1) is 11.1 Å². The average Bonchev–Trinajstić information content (AvgIpc) is 3.27. The van der Waals surface area contributed by atoms with Crippen molar-refractivity contribution in [1.29, 1.82) is 0 Å². The molecule has 176 valence electrons. The van der Waals surface area contributed by atoms with Crippen LogP contribution in [-0.2, 0) is 10.0 Å². The van der Waals surface area contributed by atoms with Crippen molar-refractivity contribution in [2.24, 2.45) is 0 Å². The molecule has 4 aromatic rings. The third kappa shape index (κ3) is 4.42. The van der Waals surface area contributed by atoms with E-state index in [1.54, 1.807) is 36.5 Å². The fourth-order valence-electron chi connectivity index (χ4n) is 4.80. The molecule has 0 bridgehead atoms. The molecule has 0 aliphatic carbocycles. The molecule has 0 radical (unpaired) electrons. The van der Waals surface area contributed by atoms with Gasteiger partial charge in [-0.2, -0.15) is 0 Å². The lowest BCUT2D eigenvalue weighted by Crippen LogP contribution is -2.39. The molecule has 2 aromatic carbocycles. The largest absolute Gasteiger partial charge is 0.478 e. The summed E-state index contributed by atoms with van der Waals surface area (Å²) in [4.78, 5) is 21.2. The molecule has 3 N–H and O–H groups in total. The molecule has 3 heterocycles. The van der Waals surface area contributed by atoms with Gasteiger partial charge in [-0.3, -0.25) is 4.98 Å². The van der Waals surface area contributed by atoms with E-state index in [0.717, 1.165) is 42.2 Å². The van der Waals surface area contributed by atoms with Crippen LogP contribution in [0, 0.1) is 0 Å². The van der Waals surface area contributed by atoms with Crippen LogP contribution in [0.1, 0.15) is 34.7 Å². The van der Waals surface area contributed by atoms with Crippen molar-refractivity contribution in [3.05, 3.63) is 72.1 Å². The van der Waals surface area contributed by atoms with E-state index in [1.165, 1.54) is 5.56 Å². The molecule has 0 unspecified atom stereocenters. The van der Waals surface area contributed by atoms with E-state index in [4.69, 9.17) is 0 Å². The predicted octanol–water partition coefficient (Wildman–Crippen LogP) is 3.57. The Morgan fingerprint density at radius 2 is 1.94 bits per heavy atom. The van der Waals surface area contributed by atoms with Gasteiger partial charge in [-0.15, -0.1) is 0 Å². The molecule has 0 spiro atoms. The van der Waals surface area contributed by atoms with Crippen molar-refractivity contribution in [2.45, 2.75) is 23.7 Å². The molecule has 1 aliphatic rings. The number of benzene rings is 2. The van der Waals surface area contributed by atoms with Gasteiger partial charge in [-0.05, 0) is 61.7 Å². The number of nitrogens with one attached hydrogen (secondary N) is 2. The van der Waals surface area contributed by atoms with Crippen LogP contribution < -0.4 is 4.72 Å². The highest BCUT2D eigenvalue weighted by Crippen LogP contribution is 2.33. The first kappa shape index (κ1) is 22.5. The smallest absolute Gasteiger partial charge is 0.335 e. The lowest BCUT2D eigenvalue weighted by atomic mass is 9.89.